The van der Waals surface area contributed by atoms with E-state index in [1.807, 2.05) is 7.05 Å². The van der Waals surface area contributed by atoms with E-state index in [9.17, 15) is 14.3 Å². The van der Waals surface area contributed by atoms with E-state index in [2.05, 4.69) is 68.1 Å². The normalized spacial score (nSPS) is 18.0. The first-order valence-corrected chi connectivity index (χ1v) is 10.7. The van der Waals surface area contributed by atoms with E-state index >= 15 is 0 Å². The highest BCUT2D eigenvalue weighted by Crippen LogP contribution is 2.43. The van der Waals surface area contributed by atoms with Gasteiger partial charge in [0.1, 0.15) is 11.6 Å². The second kappa shape index (κ2) is 8.07. The van der Waals surface area contributed by atoms with Crippen molar-refractivity contribution in [3.63, 3.8) is 0 Å². The highest BCUT2D eigenvalue weighted by atomic mass is 79.9. The molecule has 0 aliphatic carbocycles. The van der Waals surface area contributed by atoms with Gasteiger partial charge in [-0.3, -0.25) is 4.79 Å². The molecule has 0 bridgehead atoms. The fraction of sp³-hybridized carbons (Fsp3) is 0.333. The number of anilines is 1. The molecule has 0 spiro atoms. The van der Waals surface area contributed by atoms with Gasteiger partial charge in [0, 0.05) is 29.4 Å². The standard InChI is InChI=1S/C21H22Br2FN3O2/c1-11-9-21(2,3)27(4)18-8-17(24)13(5-14(11)18)10-25-26-20(29)12-6-15(22)19(28)16(23)7-12/h5-8,10-11,28H,9H2,1-4H3,(H,26,29)/b25-10-. The zero-order valence-corrected chi connectivity index (χ0v) is 19.7. The predicted molar refractivity (Wildman–Crippen MR) is 120 cm³/mol. The molecule has 154 valence electrons. The van der Waals surface area contributed by atoms with Crippen LogP contribution in [-0.2, 0) is 0 Å². The summed E-state index contributed by atoms with van der Waals surface area (Å²) in [5, 5.41) is 13.6. The van der Waals surface area contributed by atoms with Crippen molar-refractivity contribution in [3.05, 3.63) is 55.7 Å². The lowest BCUT2D eigenvalue weighted by atomic mass is 9.80. The van der Waals surface area contributed by atoms with Crippen molar-refractivity contribution in [1.82, 2.24) is 5.43 Å². The van der Waals surface area contributed by atoms with Gasteiger partial charge in [0.05, 0.1) is 15.2 Å². The molecule has 1 aliphatic rings. The molecule has 1 unspecified atom stereocenters. The first-order chi connectivity index (χ1) is 13.5. The van der Waals surface area contributed by atoms with Crippen molar-refractivity contribution in [3.8, 4) is 5.75 Å². The van der Waals surface area contributed by atoms with E-state index in [0.717, 1.165) is 17.7 Å². The number of rotatable bonds is 3. The third kappa shape index (κ3) is 4.33. The van der Waals surface area contributed by atoms with Crippen molar-refractivity contribution in [2.75, 3.05) is 11.9 Å². The number of nitrogens with zero attached hydrogens (tertiary/aromatic N) is 2. The number of fused-ring (bicyclic) bond motifs is 1. The first kappa shape index (κ1) is 21.8. The maximum absolute atomic E-state index is 14.7. The van der Waals surface area contributed by atoms with Crippen LogP contribution < -0.4 is 10.3 Å². The summed E-state index contributed by atoms with van der Waals surface area (Å²) in [4.78, 5) is 14.4. The minimum Gasteiger partial charge on any atom is -0.506 e. The summed E-state index contributed by atoms with van der Waals surface area (Å²) in [5.41, 5.74) is 4.90. The second-order valence-electron chi connectivity index (χ2n) is 7.90. The van der Waals surface area contributed by atoms with E-state index in [1.54, 1.807) is 6.07 Å². The van der Waals surface area contributed by atoms with E-state index in [1.165, 1.54) is 24.4 Å². The van der Waals surface area contributed by atoms with Crippen LogP contribution in [-0.4, -0.2) is 29.8 Å². The minimum atomic E-state index is -0.476. The number of carbonyl (C=O) groups excluding carboxylic acids is 1. The lowest BCUT2D eigenvalue weighted by molar-refractivity contribution is 0.0955. The third-order valence-electron chi connectivity index (χ3n) is 5.40. The topological polar surface area (TPSA) is 64.9 Å². The molecule has 1 amide bonds. The number of phenolic OH excluding ortho intramolecular Hbond substituents is 1. The van der Waals surface area contributed by atoms with Crippen LogP contribution in [0.4, 0.5) is 10.1 Å². The minimum absolute atomic E-state index is 0.00319. The zero-order valence-electron chi connectivity index (χ0n) is 16.6. The smallest absolute Gasteiger partial charge is 0.271 e. The third-order valence-corrected chi connectivity index (χ3v) is 6.61. The van der Waals surface area contributed by atoms with Crippen LogP contribution >= 0.6 is 31.9 Å². The molecule has 5 nitrogen and oxygen atoms in total. The summed E-state index contributed by atoms with van der Waals surface area (Å²) in [6.07, 6.45) is 2.27. The van der Waals surface area contributed by atoms with Crippen LogP contribution in [0.25, 0.3) is 0 Å². The average molecular weight is 527 g/mol. The van der Waals surface area contributed by atoms with Gasteiger partial charge in [-0.05, 0) is 87.9 Å². The van der Waals surface area contributed by atoms with Crippen molar-refractivity contribution < 1.29 is 14.3 Å². The molecule has 0 radical (unpaired) electrons. The molecule has 0 saturated heterocycles. The molecule has 2 aromatic carbocycles. The number of carbonyl (C=O) groups is 1. The molecule has 0 aromatic heterocycles. The molecule has 8 heteroatoms. The Bertz CT molecular complexity index is 985. The number of nitrogens with one attached hydrogen (secondary N) is 1. The van der Waals surface area contributed by atoms with Crippen molar-refractivity contribution in [2.24, 2.45) is 5.10 Å². The molecule has 3 rings (SSSR count). The Hall–Kier alpha value is -1.93. The lowest BCUT2D eigenvalue weighted by Crippen LogP contribution is -2.45. The molecule has 0 fully saturated rings. The maximum atomic E-state index is 14.7. The van der Waals surface area contributed by atoms with Gasteiger partial charge in [0.15, 0.2) is 0 Å². The van der Waals surface area contributed by atoms with Gasteiger partial charge < -0.3 is 10.0 Å². The van der Waals surface area contributed by atoms with E-state index in [0.29, 0.717) is 20.1 Å². The fourth-order valence-electron chi connectivity index (χ4n) is 3.63. The maximum Gasteiger partial charge on any atom is 0.271 e. The SMILES string of the molecule is CC1CC(C)(C)N(C)c2cc(F)c(/C=N\NC(=O)c3cc(Br)c(O)c(Br)c3)cc21. The van der Waals surface area contributed by atoms with Gasteiger partial charge in [-0.1, -0.05) is 6.92 Å². The summed E-state index contributed by atoms with van der Waals surface area (Å²) >= 11 is 6.36. The van der Waals surface area contributed by atoms with Crippen LogP contribution in [0.15, 0.2) is 38.3 Å². The summed E-state index contributed by atoms with van der Waals surface area (Å²) in [5.74, 6) is -0.585. The molecule has 2 N–H and O–H groups in total. The Kier molecular flexibility index (Phi) is 6.06. The molecule has 1 aliphatic heterocycles. The van der Waals surface area contributed by atoms with Crippen molar-refractivity contribution in [2.45, 2.75) is 38.6 Å². The van der Waals surface area contributed by atoms with Crippen LogP contribution in [0.3, 0.4) is 0 Å². The summed E-state index contributed by atoms with van der Waals surface area (Å²) in [6.45, 7) is 6.43. The quantitative estimate of drug-likeness (QED) is 0.407. The predicted octanol–water partition coefficient (Wildman–Crippen LogP) is 5.54. The highest BCUT2D eigenvalue weighted by Gasteiger charge is 2.34. The van der Waals surface area contributed by atoms with E-state index in [-0.39, 0.29) is 17.2 Å². The summed E-state index contributed by atoms with van der Waals surface area (Å²) in [6, 6.07) is 6.28. The van der Waals surface area contributed by atoms with Gasteiger partial charge in [-0.2, -0.15) is 5.10 Å². The fourth-order valence-corrected chi connectivity index (χ4v) is 4.81. The number of phenols is 1. The van der Waals surface area contributed by atoms with E-state index < -0.39 is 11.7 Å². The monoisotopic (exact) mass is 525 g/mol. The second-order valence-corrected chi connectivity index (χ2v) is 9.61. The van der Waals surface area contributed by atoms with Crippen LogP contribution in [0.5, 0.6) is 5.75 Å². The Balaban J connectivity index is 1.82. The molecule has 29 heavy (non-hydrogen) atoms. The van der Waals surface area contributed by atoms with E-state index in [4.69, 9.17) is 0 Å². The number of amides is 1. The summed E-state index contributed by atoms with van der Waals surface area (Å²) < 4.78 is 15.4. The highest BCUT2D eigenvalue weighted by molar-refractivity contribution is 9.11. The molecule has 2 aromatic rings. The number of hydrogen-bond donors (Lipinski definition) is 2. The Morgan fingerprint density at radius 2 is 1.93 bits per heavy atom. The molecule has 0 saturated carbocycles. The lowest BCUT2D eigenvalue weighted by Gasteiger charge is -2.45. The van der Waals surface area contributed by atoms with Gasteiger partial charge in [-0.15, -0.1) is 0 Å². The van der Waals surface area contributed by atoms with Gasteiger partial charge in [-0.25, -0.2) is 9.82 Å². The van der Waals surface area contributed by atoms with Crippen LogP contribution in [0.2, 0.25) is 0 Å². The largest absolute Gasteiger partial charge is 0.506 e. The van der Waals surface area contributed by atoms with Gasteiger partial charge >= 0.3 is 0 Å². The average Bonchev–Trinajstić information content (AvgIpc) is 2.64. The molecular weight excluding hydrogens is 505 g/mol. The van der Waals surface area contributed by atoms with Crippen LogP contribution in [0.1, 0.15) is 54.6 Å². The summed E-state index contributed by atoms with van der Waals surface area (Å²) in [7, 11) is 1.98. The number of hydrazone groups is 1. The Morgan fingerprint density at radius 1 is 1.31 bits per heavy atom. The number of benzene rings is 2. The van der Waals surface area contributed by atoms with Crippen LogP contribution in [0, 0.1) is 5.82 Å². The number of aromatic hydroxyl groups is 1. The van der Waals surface area contributed by atoms with Crippen molar-refractivity contribution in [1.29, 1.82) is 0 Å². The number of hydrogen-bond acceptors (Lipinski definition) is 4. The molecule has 1 heterocycles. The van der Waals surface area contributed by atoms with Crippen molar-refractivity contribution >= 4 is 49.7 Å². The Labute approximate surface area is 186 Å². The first-order valence-electron chi connectivity index (χ1n) is 9.10. The molecule has 1 atom stereocenters. The van der Waals surface area contributed by atoms with Gasteiger partial charge in [0.25, 0.3) is 5.91 Å². The number of halogens is 3. The Morgan fingerprint density at radius 3 is 2.55 bits per heavy atom. The zero-order chi connectivity index (χ0) is 21.5. The van der Waals surface area contributed by atoms with Gasteiger partial charge in [0.2, 0.25) is 0 Å². The molecular formula is C21H22Br2FN3O2.